The van der Waals surface area contributed by atoms with Gasteiger partial charge in [0.25, 0.3) is 0 Å². The second-order valence-corrected chi connectivity index (χ2v) is 6.34. The zero-order chi connectivity index (χ0) is 15.5. The lowest BCUT2D eigenvalue weighted by atomic mass is 9.86. The topological polar surface area (TPSA) is 34.1 Å². The third-order valence-electron chi connectivity index (χ3n) is 3.42. The number of nitrogens with one attached hydrogen (secondary N) is 1. The highest BCUT2D eigenvalue weighted by molar-refractivity contribution is 5.87. The number of benzene rings is 1. The molecule has 0 saturated carbocycles. The molecule has 0 fully saturated rings. The first-order valence-corrected chi connectivity index (χ1v) is 7.78. The zero-order valence-corrected chi connectivity index (χ0v) is 13.8. The van der Waals surface area contributed by atoms with Gasteiger partial charge in [-0.2, -0.15) is 0 Å². The fourth-order valence-corrected chi connectivity index (χ4v) is 2.37. The van der Waals surface area contributed by atoms with Crippen LogP contribution in [0.25, 0.3) is 10.9 Å². The molecular weight excluding hydrogens is 260 g/mol. The van der Waals surface area contributed by atoms with Crippen molar-refractivity contribution >= 4 is 16.7 Å². The molecule has 2 rings (SSSR count). The van der Waals surface area contributed by atoms with Gasteiger partial charge < -0.3 is 10.1 Å². The highest BCUT2D eigenvalue weighted by atomic mass is 16.5. The molecule has 0 radical (unpaired) electrons. The van der Waals surface area contributed by atoms with Crippen LogP contribution < -0.4 is 10.1 Å². The first kappa shape index (κ1) is 15.6. The lowest BCUT2D eigenvalue weighted by molar-refractivity contribution is 0.320. The predicted molar refractivity (Wildman–Crippen MR) is 90.4 cm³/mol. The van der Waals surface area contributed by atoms with Crippen molar-refractivity contribution in [2.45, 2.75) is 46.5 Å². The van der Waals surface area contributed by atoms with Crippen LogP contribution in [0.5, 0.6) is 5.75 Å². The van der Waals surface area contributed by atoms with E-state index in [1.54, 1.807) is 0 Å². The SMILES string of the molecule is CCCOc1cccc2cc(C(C)(C)C)c(NCC)nc12. The van der Waals surface area contributed by atoms with E-state index in [0.29, 0.717) is 0 Å². The normalized spacial score (nSPS) is 11.7. The van der Waals surface area contributed by atoms with E-state index in [0.717, 1.165) is 42.0 Å². The van der Waals surface area contributed by atoms with E-state index in [-0.39, 0.29) is 5.41 Å². The summed E-state index contributed by atoms with van der Waals surface area (Å²) in [5.74, 6) is 1.83. The van der Waals surface area contributed by atoms with Crippen LogP contribution in [-0.4, -0.2) is 18.1 Å². The van der Waals surface area contributed by atoms with Crippen LogP contribution in [0.2, 0.25) is 0 Å². The Morgan fingerprint density at radius 2 is 1.95 bits per heavy atom. The van der Waals surface area contributed by atoms with E-state index < -0.39 is 0 Å². The van der Waals surface area contributed by atoms with Crippen molar-refractivity contribution in [1.29, 1.82) is 0 Å². The third kappa shape index (κ3) is 3.46. The molecule has 0 atom stereocenters. The second kappa shape index (κ2) is 6.33. The van der Waals surface area contributed by atoms with Gasteiger partial charge in [-0.05, 0) is 30.9 Å². The molecule has 0 spiro atoms. The summed E-state index contributed by atoms with van der Waals surface area (Å²) in [6, 6.07) is 8.37. The van der Waals surface area contributed by atoms with Gasteiger partial charge >= 0.3 is 0 Å². The average molecular weight is 286 g/mol. The average Bonchev–Trinajstić information content (AvgIpc) is 2.43. The number of fused-ring (bicyclic) bond motifs is 1. The van der Waals surface area contributed by atoms with Crippen molar-refractivity contribution in [3.63, 3.8) is 0 Å². The Kier molecular flexibility index (Phi) is 4.71. The van der Waals surface area contributed by atoms with Gasteiger partial charge in [-0.15, -0.1) is 0 Å². The minimum absolute atomic E-state index is 0.0545. The molecule has 21 heavy (non-hydrogen) atoms. The van der Waals surface area contributed by atoms with Crippen LogP contribution >= 0.6 is 0 Å². The summed E-state index contributed by atoms with van der Waals surface area (Å²) >= 11 is 0. The van der Waals surface area contributed by atoms with Gasteiger partial charge in [-0.3, -0.25) is 0 Å². The van der Waals surface area contributed by atoms with Crippen LogP contribution in [0.15, 0.2) is 24.3 Å². The molecule has 1 heterocycles. The Labute approximate surface area is 127 Å². The number of aromatic nitrogens is 1. The molecule has 0 amide bonds. The first-order chi connectivity index (χ1) is 9.97. The smallest absolute Gasteiger partial charge is 0.145 e. The first-order valence-electron chi connectivity index (χ1n) is 7.78. The van der Waals surface area contributed by atoms with Crippen molar-refractivity contribution in [3.05, 3.63) is 29.8 Å². The molecule has 3 nitrogen and oxygen atoms in total. The van der Waals surface area contributed by atoms with Crippen molar-refractivity contribution in [2.24, 2.45) is 0 Å². The van der Waals surface area contributed by atoms with Gasteiger partial charge in [-0.1, -0.05) is 39.8 Å². The van der Waals surface area contributed by atoms with Gasteiger partial charge in [0.15, 0.2) is 0 Å². The Bertz CT molecular complexity index is 614. The molecule has 0 saturated heterocycles. The van der Waals surface area contributed by atoms with Crippen LogP contribution in [-0.2, 0) is 5.41 Å². The quantitative estimate of drug-likeness (QED) is 0.861. The van der Waals surface area contributed by atoms with Crippen molar-refractivity contribution in [3.8, 4) is 5.75 Å². The number of hydrogen-bond donors (Lipinski definition) is 1. The molecule has 114 valence electrons. The highest BCUT2D eigenvalue weighted by Gasteiger charge is 2.20. The lowest BCUT2D eigenvalue weighted by Gasteiger charge is -2.23. The molecule has 0 aliphatic carbocycles. The van der Waals surface area contributed by atoms with Gasteiger partial charge in [0.2, 0.25) is 0 Å². The predicted octanol–water partition coefficient (Wildman–Crippen LogP) is 4.75. The van der Waals surface area contributed by atoms with Crippen LogP contribution in [0.1, 0.15) is 46.6 Å². The van der Waals surface area contributed by atoms with Gasteiger partial charge in [-0.25, -0.2) is 4.98 Å². The second-order valence-electron chi connectivity index (χ2n) is 6.34. The summed E-state index contributed by atoms with van der Waals surface area (Å²) in [7, 11) is 0. The largest absolute Gasteiger partial charge is 0.491 e. The summed E-state index contributed by atoms with van der Waals surface area (Å²) in [4.78, 5) is 4.85. The Morgan fingerprint density at radius 3 is 2.57 bits per heavy atom. The van der Waals surface area contributed by atoms with Crippen molar-refractivity contribution < 1.29 is 4.74 Å². The number of ether oxygens (including phenoxy) is 1. The zero-order valence-electron chi connectivity index (χ0n) is 13.8. The summed E-state index contributed by atoms with van der Waals surface area (Å²) in [6.45, 7) is 12.4. The number of rotatable bonds is 5. The molecule has 1 N–H and O–H groups in total. The van der Waals surface area contributed by atoms with Crippen molar-refractivity contribution in [1.82, 2.24) is 4.98 Å². The van der Waals surface area contributed by atoms with Crippen LogP contribution in [0.3, 0.4) is 0 Å². The van der Waals surface area contributed by atoms with Gasteiger partial charge in [0, 0.05) is 17.5 Å². The maximum Gasteiger partial charge on any atom is 0.145 e. The molecule has 0 bridgehead atoms. The number of hydrogen-bond acceptors (Lipinski definition) is 3. The number of pyridine rings is 1. The Morgan fingerprint density at radius 1 is 1.19 bits per heavy atom. The van der Waals surface area contributed by atoms with Crippen molar-refractivity contribution in [2.75, 3.05) is 18.5 Å². The van der Waals surface area contributed by atoms with Gasteiger partial charge in [0.05, 0.1) is 6.61 Å². The minimum Gasteiger partial charge on any atom is -0.491 e. The molecule has 1 aromatic heterocycles. The van der Waals surface area contributed by atoms with E-state index in [1.165, 1.54) is 5.56 Å². The summed E-state index contributed by atoms with van der Waals surface area (Å²) in [6.07, 6.45) is 0.997. The molecule has 2 aromatic rings. The molecule has 0 aliphatic heterocycles. The minimum atomic E-state index is 0.0545. The Hall–Kier alpha value is -1.77. The highest BCUT2D eigenvalue weighted by Crippen LogP contribution is 2.34. The maximum absolute atomic E-state index is 5.84. The van der Waals surface area contributed by atoms with Crippen LogP contribution in [0.4, 0.5) is 5.82 Å². The molecule has 3 heteroatoms. The van der Waals surface area contributed by atoms with Gasteiger partial charge in [0.1, 0.15) is 17.1 Å². The monoisotopic (exact) mass is 286 g/mol. The maximum atomic E-state index is 5.84. The fourth-order valence-electron chi connectivity index (χ4n) is 2.37. The lowest BCUT2D eigenvalue weighted by Crippen LogP contribution is -2.16. The standard InChI is InChI=1S/C18H26N2O/c1-6-11-21-15-10-8-9-13-12-14(18(3,4)5)17(19-7-2)20-16(13)15/h8-10,12H,6-7,11H2,1-5H3,(H,19,20). The van der Waals surface area contributed by atoms with E-state index in [2.05, 4.69) is 52.1 Å². The number of anilines is 1. The molecule has 0 aliphatic rings. The fraction of sp³-hybridized carbons (Fsp3) is 0.500. The van der Waals surface area contributed by atoms with E-state index >= 15 is 0 Å². The molecular formula is C18H26N2O. The summed E-state index contributed by atoms with van der Waals surface area (Å²) in [5, 5.41) is 4.53. The number of nitrogens with zero attached hydrogens (tertiary/aromatic N) is 1. The number of para-hydroxylation sites is 1. The Balaban J connectivity index is 2.60. The molecule has 0 unspecified atom stereocenters. The van der Waals surface area contributed by atoms with E-state index in [4.69, 9.17) is 9.72 Å². The van der Waals surface area contributed by atoms with E-state index in [1.807, 2.05) is 12.1 Å². The summed E-state index contributed by atoms with van der Waals surface area (Å²) in [5.41, 5.74) is 2.23. The third-order valence-corrected chi connectivity index (χ3v) is 3.42. The summed E-state index contributed by atoms with van der Waals surface area (Å²) < 4.78 is 5.84. The van der Waals surface area contributed by atoms with E-state index in [9.17, 15) is 0 Å². The van der Waals surface area contributed by atoms with Crippen LogP contribution in [0, 0.1) is 0 Å². The molecule has 1 aromatic carbocycles.